The standard InChI is InChI=1S/C9H5Cl2N5O3/c10-4-5(11)13-2-14-6(4)15-7(17)3-1-12-9(19)16-8(3)18/h1-2H,(H2,12,16,18,19)(H,13,14,15,17). The molecule has 0 radical (unpaired) electrons. The van der Waals surface area contributed by atoms with Crippen molar-refractivity contribution >= 4 is 34.9 Å². The van der Waals surface area contributed by atoms with Crippen LogP contribution in [0.15, 0.2) is 22.1 Å². The lowest BCUT2D eigenvalue weighted by atomic mass is 10.3. The molecule has 2 aromatic rings. The van der Waals surface area contributed by atoms with E-state index in [0.29, 0.717) is 0 Å². The van der Waals surface area contributed by atoms with Gasteiger partial charge in [-0.3, -0.25) is 14.6 Å². The van der Waals surface area contributed by atoms with Crippen LogP contribution in [0.3, 0.4) is 0 Å². The number of aromatic amines is 2. The quantitative estimate of drug-likeness (QED) is 0.694. The third-order valence-electron chi connectivity index (χ3n) is 2.04. The van der Waals surface area contributed by atoms with Gasteiger partial charge in [0.2, 0.25) is 0 Å². The van der Waals surface area contributed by atoms with Crippen molar-refractivity contribution in [1.29, 1.82) is 0 Å². The van der Waals surface area contributed by atoms with Gasteiger partial charge in [0.05, 0.1) is 0 Å². The maximum Gasteiger partial charge on any atom is 0.325 e. The van der Waals surface area contributed by atoms with Gasteiger partial charge in [-0.05, 0) is 0 Å². The number of nitrogens with one attached hydrogen (secondary N) is 3. The van der Waals surface area contributed by atoms with Gasteiger partial charge in [0.25, 0.3) is 11.5 Å². The van der Waals surface area contributed by atoms with Crippen LogP contribution in [0.4, 0.5) is 5.82 Å². The summed E-state index contributed by atoms with van der Waals surface area (Å²) in [5.74, 6) is -0.841. The summed E-state index contributed by atoms with van der Waals surface area (Å²) in [7, 11) is 0. The Bertz CT molecular complexity index is 754. The van der Waals surface area contributed by atoms with Gasteiger partial charge >= 0.3 is 5.69 Å². The van der Waals surface area contributed by atoms with Crippen molar-refractivity contribution in [2.24, 2.45) is 0 Å². The number of amides is 1. The number of aromatic nitrogens is 4. The normalized spacial score (nSPS) is 10.2. The minimum Gasteiger partial charge on any atom is -0.313 e. The van der Waals surface area contributed by atoms with Crippen molar-refractivity contribution in [1.82, 2.24) is 19.9 Å². The molecule has 0 bridgehead atoms. The third kappa shape index (κ3) is 2.80. The molecule has 2 heterocycles. The number of nitrogens with zero attached hydrogens (tertiary/aromatic N) is 2. The van der Waals surface area contributed by atoms with Crippen LogP contribution in [-0.2, 0) is 0 Å². The second-order valence-corrected chi connectivity index (χ2v) is 4.00. The number of carbonyl (C=O) groups is 1. The van der Waals surface area contributed by atoms with Crippen LogP contribution in [0.25, 0.3) is 0 Å². The molecular weight excluding hydrogens is 297 g/mol. The highest BCUT2D eigenvalue weighted by atomic mass is 35.5. The lowest BCUT2D eigenvalue weighted by molar-refractivity contribution is 0.102. The Hall–Kier alpha value is -2.19. The first-order chi connectivity index (χ1) is 8.99. The van der Waals surface area contributed by atoms with Crippen molar-refractivity contribution < 1.29 is 4.79 Å². The first-order valence-electron chi connectivity index (χ1n) is 4.78. The highest BCUT2D eigenvalue weighted by molar-refractivity contribution is 6.43. The molecule has 0 unspecified atom stereocenters. The van der Waals surface area contributed by atoms with Crippen LogP contribution in [0.5, 0.6) is 0 Å². The van der Waals surface area contributed by atoms with Crippen LogP contribution >= 0.6 is 23.2 Å². The minimum atomic E-state index is -0.836. The van der Waals surface area contributed by atoms with Crippen molar-refractivity contribution in [3.8, 4) is 0 Å². The number of halogens is 2. The van der Waals surface area contributed by atoms with E-state index in [4.69, 9.17) is 23.2 Å². The number of hydrogen-bond donors (Lipinski definition) is 3. The van der Waals surface area contributed by atoms with Gasteiger partial charge in [0.15, 0.2) is 11.0 Å². The van der Waals surface area contributed by atoms with Gasteiger partial charge in [-0.25, -0.2) is 14.8 Å². The Kier molecular flexibility index (Phi) is 3.63. The van der Waals surface area contributed by atoms with E-state index in [1.165, 1.54) is 0 Å². The summed E-state index contributed by atoms with van der Waals surface area (Å²) >= 11 is 11.4. The number of anilines is 1. The maximum absolute atomic E-state index is 11.8. The van der Waals surface area contributed by atoms with E-state index in [1.807, 2.05) is 4.98 Å². The molecule has 0 spiro atoms. The molecule has 0 aliphatic heterocycles. The minimum absolute atomic E-state index is 0.0395. The summed E-state index contributed by atoms with van der Waals surface area (Å²) in [6.07, 6.45) is 2.08. The second kappa shape index (κ2) is 5.21. The summed E-state index contributed by atoms with van der Waals surface area (Å²) in [4.78, 5) is 45.4. The Labute approximate surface area is 114 Å². The van der Waals surface area contributed by atoms with Gasteiger partial charge < -0.3 is 10.3 Å². The van der Waals surface area contributed by atoms with Crippen LogP contribution < -0.4 is 16.6 Å². The Morgan fingerprint density at radius 1 is 1.26 bits per heavy atom. The fourth-order valence-electron chi connectivity index (χ4n) is 1.19. The number of hydrogen-bond acceptors (Lipinski definition) is 5. The summed E-state index contributed by atoms with van der Waals surface area (Å²) < 4.78 is 0. The van der Waals surface area contributed by atoms with Crippen molar-refractivity contribution in [2.75, 3.05) is 5.32 Å². The van der Waals surface area contributed by atoms with Crippen LogP contribution in [-0.4, -0.2) is 25.8 Å². The molecule has 0 aliphatic rings. The largest absolute Gasteiger partial charge is 0.325 e. The molecule has 8 nitrogen and oxygen atoms in total. The summed E-state index contributed by atoms with van der Waals surface area (Å²) in [6, 6.07) is 0. The van der Waals surface area contributed by atoms with Gasteiger partial charge in [-0.1, -0.05) is 23.2 Å². The highest BCUT2D eigenvalue weighted by Gasteiger charge is 2.15. The number of H-pyrrole nitrogens is 2. The van der Waals surface area contributed by atoms with Crippen LogP contribution in [0.2, 0.25) is 10.2 Å². The second-order valence-electron chi connectivity index (χ2n) is 3.27. The highest BCUT2D eigenvalue weighted by Crippen LogP contribution is 2.25. The average molecular weight is 302 g/mol. The molecule has 2 rings (SSSR count). The zero-order valence-electron chi connectivity index (χ0n) is 9.03. The Morgan fingerprint density at radius 3 is 2.68 bits per heavy atom. The molecule has 19 heavy (non-hydrogen) atoms. The molecule has 0 aromatic carbocycles. The predicted molar refractivity (Wildman–Crippen MR) is 67.7 cm³/mol. The van der Waals surface area contributed by atoms with E-state index in [1.54, 1.807) is 0 Å². The van der Waals surface area contributed by atoms with E-state index < -0.39 is 17.2 Å². The molecule has 0 fully saturated rings. The van der Waals surface area contributed by atoms with Gasteiger partial charge in [-0.15, -0.1) is 0 Å². The summed E-state index contributed by atoms with van der Waals surface area (Å²) in [5.41, 5.74) is -1.85. The van der Waals surface area contributed by atoms with E-state index in [9.17, 15) is 14.4 Å². The fraction of sp³-hybridized carbons (Fsp3) is 0. The topological polar surface area (TPSA) is 121 Å². The Morgan fingerprint density at radius 2 is 2.00 bits per heavy atom. The smallest absolute Gasteiger partial charge is 0.313 e. The van der Waals surface area contributed by atoms with Crippen molar-refractivity contribution in [3.05, 3.63) is 49.1 Å². The van der Waals surface area contributed by atoms with Crippen molar-refractivity contribution in [3.63, 3.8) is 0 Å². The van der Waals surface area contributed by atoms with E-state index in [-0.39, 0.29) is 21.6 Å². The lowest BCUT2D eigenvalue weighted by Crippen LogP contribution is -2.29. The molecule has 0 saturated carbocycles. The Balaban J connectivity index is 2.34. The van der Waals surface area contributed by atoms with Crippen molar-refractivity contribution in [2.45, 2.75) is 0 Å². The SMILES string of the molecule is O=C(Nc1ncnc(Cl)c1Cl)c1c[nH]c(=O)[nH]c1=O. The molecule has 2 aromatic heterocycles. The molecule has 0 atom stereocenters. The molecule has 1 amide bonds. The molecule has 0 saturated heterocycles. The summed E-state index contributed by atoms with van der Waals surface area (Å²) in [6.45, 7) is 0. The maximum atomic E-state index is 11.8. The van der Waals surface area contributed by atoms with Crippen LogP contribution in [0, 0.1) is 0 Å². The number of rotatable bonds is 2. The summed E-state index contributed by atoms with van der Waals surface area (Å²) in [5, 5.41) is 2.18. The molecule has 3 N–H and O–H groups in total. The third-order valence-corrected chi connectivity index (χ3v) is 2.78. The first-order valence-corrected chi connectivity index (χ1v) is 5.54. The zero-order chi connectivity index (χ0) is 14.0. The van der Waals surface area contributed by atoms with Gasteiger partial charge in [0.1, 0.15) is 16.9 Å². The van der Waals surface area contributed by atoms with E-state index in [2.05, 4.69) is 20.3 Å². The zero-order valence-corrected chi connectivity index (χ0v) is 10.5. The molecule has 10 heteroatoms. The fourth-order valence-corrected chi connectivity index (χ4v) is 1.47. The molecule has 98 valence electrons. The van der Waals surface area contributed by atoms with Gasteiger partial charge in [0, 0.05) is 6.20 Å². The first kappa shape index (κ1) is 13.2. The van der Waals surface area contributed by atoms with Gasteiger partial charge in [-0.2, -0.15) is 0 Å². The monoisotopic (exact) mass is 301 g/mol. The predicted octanol–water partition coefficient (Wildman–Crippen LogP) is 0.412. The lowest BCUT2D eigenvalue weighted by Gasteiger charge is -2.05. The molecular formula is C9H5Cl2N5O3. The molecule has 0 aliphatic carbocycles. The number of carbonyl (C=O) groups excluding carboxylic acids is 1. The average Bonchev–Trinajstić information content (AvgIpc) is 2.34. The van der Waals surface area contributed by atoms with E-state index in [0.717, 1.165) is 12.5 Å². The van der Waals surface area contributed by atoms with E-state index >= 15 is 0 Å². The van der Waals surface area contributed by atoms with Crippen LogP contribution in [0.1, 0.15) is 10.4 Å².